The maximum absolute atomic E-state index is 14.0. The molecule has 0 amide bonds. The summed E-state index contributed by atoms with van der Waals surface area (Å²) in [5.41, 5.74) is -1.14. The Kier molecular flexibility index (Phi) is 6.11. The minimum absolute atomic E-state index is 0.0695. The van der Waals surface area contributed by atoms with Crippen molar-refractivity contribution in [2.45, 2.75) is 49.5 Å². The Morgan fingerprint density at radius 1 is 1.18 bits per heavy atom. The topological polar surface area (TPSA) is 50.2 Å². The van der Waals surface area contributed by atoms with Gasteiger partial charge in [-0.1, -0.05) is 11.6 Å². The molecule has 2 aliphatic rings. The second-order valence-electron chi connectivity index (χ2n) is 8.84. The molecule has 2 aromatic heterocycles. The van der Waals surface area contributed by atoms with Gasteiger partial charge in [0.15, 0.2) is 0 Å². The molecule has 12 heteroatoms. The summed E-state index contributed by atoms with van der Waals surface area (Å²) in [6, 6.07) is 2.56. The third-order valence-corrected chi connectivity index (χ3v) is 8.95. The van der Waals surface area contributed by atoms with Crippen LogP contribution in [-0.4, -0.2) is 40.5 Å². The molecular weight excluding hydrogens is 512 g/mol. The van der Waals surface area contributed by atoms with Crippen LogP contribution < -0.4 is 15.9 Å². The molecule has 0 spiro atoms. The molecule has 2 aliphatic heterocycles. The minimum atomic E-state index is -4.67. The van der Waals surface area contributed by atoms with Crippen LogP contribution in [0, 0.1) is 5.82 Å². The van der Waals surface area contributed by atoms with Gasteiger partial charge in [-0.3, -0.25) is 4.57 Å². The SMILES string of the molecule is C[C@@H]1CN(c2nc(=O)n3c4c(c(Cl)c(C(F)(F)F)cc24)SC[C@@H](c2cc(F)cs2)C3)C[C@H](C)N1. The lowest BCUT2D eigenvalue weighted by molar-refractivity contribution is -0.137. The van der Waals surface area contributed by atoms with Crippen LogP contribution in [0.5, 0.6) is 0 Å². The van der Waals surface area contributed by atoms with Gasteiger partial charge in [0.05, 0.1) is 21.0 Å². The summed E-state index contributed by atoms with van der Waals surface area (Å²) in [5.74, 6) is -0.0583. The summed E-state index contributed by atoms with van der Waals surface area (Å²) in [4.78, 5) is 20.4. The molecule has 0 unspecified atom stereocenters. The number of rotatable bonds is 2. The zero-order chi connectivity index (χ0) is 24.4. The highest BCUT2D eigenvalue weighted by Crippen LogP contribution is 2.47. The summed E-state index contributed by atoms with van der Waals surface area (Å²) in [5, 5.41) is 4.58. The molecule has 1 fully saturated rings. The summed E-state index contributed by atoms with van der Waals surface area (Å²) in [6.07, 6.45) is -4.67. The number of thioether (sulfide) groups is 1. The number of nitrogens with zero attached hydrogens (tertiary/aromatic N) is 3. The molecule has 3 aromatic rings. The zero-order valence-electron chi connectivity index (χ0n) is 18.2. The second kappa shape index (κ2) is 8.69. The minimum Gasteiger partial charge on any atom is -0.353 e. The highest BCUT2D eigenvalue weighted by molar-refractivity contribution is 7.99. The maximum atomic E-state index is 14.0. The van der Waals surface area contributed by atoms with Crippen LogP contribution in [0.25, 0.3) is 10.9 Å². The van der Waals surface area contributed by atoms with Gasteiger partial charge < -0.3 is 10.2 Å². The largest absolute Gasteiger partial charge is 0.417 e. The van der Waals surface area contributed by atoms with Crippen molar-refractivity contribution in [3.05, 3.63) is 49.3 Å². The highest BCUT2D eigenvalue weighted by Gasteiger charge is 2.38. The van der Waals surface area contributed by atoms with Crippen molar-refractivity contribution in [1.29, 1.82) is 0 Å². The number of hydrogen-bond acceptors (Lipinski definition) is 6. The predicted molar refractivity (Wildman–Crippen MR) is 128 cm³/mol. The lowest BCUT2D eigenvalue weighted by atomic mass is 10.1. The normalized spacial score (nSPS) is 23.4. The standard InChI is InChI=1S/C22H21ClF4N4OS2/c1-10-5-30(6-11(2)28-10)20-14-4-15(22(25,26)27)17(23)19-18(14)31(21(32)29-20)7-12(8-34-19)16-3-13(24)9-33-16/h3-4,9-12,28H,5-8H2,1-2H3/t10-,11+,12-/m0/s1. The average Bonchev–Trinajstić information content (AvgIpc) is 3.06. The van der Waals surface area contributed by atoms with E-state index in [0.29, 0.717) is 24.4 Å². The van der Waals surface area contributed by atoms with Crippen molar-refractivity contribution < 1.29 is 17.6 Å². The van der Waals surface area contributed by atoms with Gasteiger partial charge in [0.25, 0.3) is 0 Å². The van der Waals surface area contributed by atoms with Gasteiger partial charge in [-0.2, -0.15) is 18.2 Å². The Morgan fingerprint density at radius 2 is 1.88 bits per heavy atom. The van der Waals surface area contributed by atoms with E-state index in [4.69, 9.17) is 11.6 Å². The Morgan fingerprint density at radius 3 is 2.50 bits per heavy atom. The second-order valence-corrected chi connectivity index (χ2v) is 11.2. The summed E-state index contributed by atoms with van der Waals surface area (Å²) >= 11 is 8.72. The molecule has 34 heavy (non-hydrogen) atoms. The number of alkyl halides is 3. The lowest BCUT2D eigenvalue weighted by Crippen LogP contribution is -2.55. The van der Waals surface area contributed by atoms with Crippen LogP contribution in [-0.2, 0) is 12.7 Å². The molecule has 5 nitrogen and oxygen atoms in total. The van der Waals surface area contributed by atoms with E-state index >= 15 is 0 Å². The fourth-order valence-electron chi connectivity index (χ4n) is 4.79. The van der Waals surface area contributed by atoms with Crippen molar-refractivity contribution in [3.63, 3.8) is 0 Å². The summed E-state index contributed by atoms with van der Waals surface area (Å²) in [7, 11) is 0. The van der Waals surface area contributed by atoms with Gasteiger partial charge in [-0.15, -0.1) is 23.1 Å². The third kappa shape index (κ3) is 4.20. The fourth-order valence-corrected chi connectivity index (χ4v) is 7.40. The van der Waals surface area contributed by atoms with Crippen LogP contribution in [0.15, 0.2) is 27.2 Å². The molecule has 0 bridgehead atoms. The number of piperazine rings is 1. The number of hydrogen-bond donors (Lipinski definition) is 1. The molecule has 0 aliphatic carbocycles. The Balaban J connectivity index is 1.76. The highest BCUT2D eigenvalue weighted by atomic mass is 35.5. The first-order valence-corrected chi connectivity index (χ1v) is 13.0. The van der Waals surface area contributed by atoms with Crippen molar-refractivity contribution in [3.8, 4) is 0 Å². The van der Waals surface area contributed by atoms with Crippen LogP contribution in [0.4, 0.5) is 23.4 Å². The van der Waals surface area contributed by atoms with E-state index in [9.17, 15) is 22.4 Å². The predicted octanol–water partition coefficient (Wildman–Crippen LogP) is 5.35. The average molecular weight is 533 g/mol. The number of halogens is 5. The lowest BCUT2D eigenvalue weighted by Gasteiger charge is -2.37. The van der Waals surface area contributed by atoms with E-state index in [-0.39, 0.29) is 46.5 Å². The van der Waals surface area contributed by atoms with Crippen LogP contribution in [0.1, 0.15) is 30.2 Å². The van der Waals surface area contributed by atoms with Crippen molar-refractivity contribution >= 4 is 51.4 Å². The molecule has 1 N–H and O–H groups in total. The van der Waals surface area contributed by atoms with E-state index in [2.05, 4.69) is 10.3 Å². The van der Waals surface area contributed by atoms with Crippen LogP contribution in [0.3, 0.4) is 0 Å². The molecule has 1 saturated heterocycles. The number of aromatic nitrogens is 2. The van der Waals surface area contributed by atoms with Gasteiger partial charge >= 0.3 is 11.9 Å². The van der Waals surface area contributed by atoms with E-state index in [1.807, 2.05) is 18.7 Å². The van der Waals surface area contributed by atoms with Gasteiger partial charge in [-0.25, -0.2) is 9.18 Å². The molecule has 3 atom stereocenters. The monoisotopic (exact) mass is 532 g/mol. The van der Waals surface area contributed by atoms with Crippen LogP contribution >= 0.6 is 34.7 Å². The zero-order valence-corrected chi connectivity index (χ0v) is 20.6. The van der Waals surface area contributed by atoms with Gasteiger partial charge in [-0.05, 0) is 26.0 Å². The van der Waals surface area contributed by atoms with Crippen LogP contribution in [0.2, 0.25) is 5.02 Å². The first-order chi connectivity index (χ1) is 16.0. The Hall–Kier alpha value is -1.82. The fraction of sp³-hybridized carbons (Fsp3) is 0.455. The molecule has 0 radical (unpaired) electrons. The summed E-state index contributed by atoms with van der Waals surface area (Å²) in [6.45, 7) is 5.13. The van der Waals surface area contributed by atoms with Gasteiger partial charge in [0, 0.05) is 59.0 Å². The van der Waals surface area contributed by atoms with E-state index in [1.54, 1.807) is 0 Å². The van der Waals surface area contributed by atoms with Crippen molar-refractivity contribution in [2.24, 2.45) is 0 Å². The molecule has 1 aromatic carbocycles. The third-order valence-electron chi connectivity index (χ3n) is 6.12. The summed E-state index contributed by atoms with van der Waals surface area (Å²) < 4.78 is 57.1. The first-order valence-electron chi connectivity index (χ1n) is 10.7. The van der Waals surface area contributed by atoms with Gasteiger partial charge in [0.1, 0.15) is 11.6 Å². The van der Waals surface area contributed by atoms with E-state index in [1.165, 1.54) is 39.1 Å². The first kappa shape index (κ1) is 23.9. The molecular formula is C22H21ClF4N4OS2. The Labute approximate surface area is 206 Å². The van der Waals surface area contributed by atoms with Crippen molar-refractivity contribution in [2.75, 3.05) is 23.7 Å². The molecule has 0 saturated carbocycles. The van der Waals surface area contributed by atoms with Crippen molar-refractivity contribution in [1.82, 2.24) is 14.9 Å². The number of anilines is 1. The Bertz CT molecular complexity index is 1310. The molecule has 5 rings (SSSR count). The smallest absolute Gasteiger partial charge is 0.353 e. The molecule has 4 heterocycles. The number of thiophene rings is 1. The van der Waals surface area contributed by atoms with E-state index in [0.717, 1.165) is 10.9 Å². The van der Waals surface area contributed by atoms with Gasteiger partial charge in [0.2, 0.25) is 0 Å². The quantitative estimate of drug-likeness (QED) is 0.451. The maximum Gasteiger partial charge on any atom is 0.417 e. The number of benzene rings is 1. The molecule has 182 valence electrons. The van der Waals surface area contributed by atoms with E-state index < -0.39 is 22.5 Å². The number of nitrogens with one attached hydrogen (secondary N) is 1.